The van der Waals surface area contributed by atoms with Gasteiger partial charge in [0.25, 0.3) is 0 Å². The number of amides is 1. The molecule has 0 spiro atoms. The Hall–Kier alpha value is -2.38. The van der Waals surface area contributed by atoms with E-state index in [1.807, 2.05) is 23.1 Å². The van der Waals surface area contributed by atoms with Crippen LogP contribution < -0.4 is 14.4 Å². The predicted molar refractivity (Wildman–Crippen MR) is 111 cm³/mol. The van der Waals surface area contributed by atoms with Crippen molar-refractivity contribution in [3.8, 4) is 5.75 Å². The third-order valence-corrected chi connectivity index (χ3v) is 7.24. The number of rotatable bonds is 6. The molecule has 0 bridgehead atoms. The van der Waals surface area contributed by atoms with E-state index in [1.165, 1.54) is 0 Å². The van der Waals surface area contributed by atoms with Gasteiger partial charge in [0, 0.05) is 30.3 Å². The van der Waals surface area contributed by atoms with Crippen LogP contribution in [0.25, 0.3) is 0 Å². The number of hydrogen-bond donors (Lipinski definition) is 1. The molecule has 154 valence electrons. The topological polar surface area (TPSA) is 75.7 Å². The SMILES string of the molecule is COc1ccccc1CNS(=O)(=O)c1ccc2c(c1)CCCN2C(=O)C1CCC1. The first-order valence-corrected chi connectivity index (χ1v) is 11.5. The van der Waals surface area contributed by atoms with Crippen LogP contribution in [0, 0.1) is 5.92 Å². The van der Waals surface area contributed by atoms with Gasteiger partial charge in [0.2, 0.25) is 15.9 Å². The number of ether oxygens (including phenoxy) is 1. The van der Waals surface area contributed by atoms with Crippen LogP contribution in [-0.2, 0) is 27.8 Å². The fourth-order valence-corrected chi connectivity index (χ4v) is 5.01. The molecule has 1 fully saturated rings. The number of nitrogens with zero attached hydrogens (tertiary/aromatic N) is 1. The Labute approximate surface area is 171 Å². The molecule has 0 radical (unpaired) electrons. The number of para-hydroxylation sites is 1. The molecule has 1 N–H and O–H groups in total. The number of anilines is 1. The summed E-state index contributed by atoms with van der Waals surface area (Å²) >= 11 is 0. The van der Waals surface area contributed by atoms with Crippen LogP contribution in [0.1, 0.15) is 36.8 Å². The minimum atomic E-state index is -3.67. The van der Waals surface area contributed by atoms with Crippen LogP contribution in [-0.4, -0.2) is 28.0 Å². The Bertz CT molecular complexity index is 1020. The smallest absolute Gasteiger partial charge is 0.240 e. The van der Waals surface area contributed by atoms with E-state index < -0.39 is 10.0 Å². The molecule has 1 saturated carbocycles. The predicted octanol–water partition coefficient (Wildman–Crippen LogP) is 3.25. The van der Waals surface area contributed by atoms with Crippen molar-refractivity contribution in [2.24, 2.45) is 5.92 Å². The third kappa shape index (κ3) is 4.02. The van der Waals surface area contributed by atoms with Crippen LogP contribution in [0.5, 0.6) is 5.75 Å². The van der Waals surface area contributed by atoms with Gasteiger partial charge in [-0.3, -0.25) is 4.79 Å². The van der Waals surface area contributed by atoms with Crippen molar-refractivity contribution in [1.82, 2.24) is 4.72 Å². The number of methoxy groups -OCH3 is 1. The van der Waals surface area contributed by atoms with Gasteiger partial charge < -0.3 is 9.64 Å². The molecular weight excluding hydrogens is 388 g/mol. The normalized spacial score (nSPS) is 16.8. The molecule has 2 aliphatic rings. The van der Waals surface area contributed by atoms with Crippen LogP contribution in [0.3, 0.4) is 0 Å². The summed E-state index contributed by atoms with van der Waals surface area (Å²) in [5.41, 5.74) is 2.55. The Kier molecular flexibility index (Phi) is 5.61. The van der Waals surface area contributed by atoms with E-state index >= 15 is 0 Å². The van der Waals surface area contributed by atoms with Crippen molar-refractivity contribution in [3.05, 3.63) is 53.6 Å². The molecule has 0 unspecified atom stereocenters. The van der Waals surface area contributed by atoms with Gasteiger partial charge in [-0.1, -0.05) is 24.6 Å². The lowest BCUT2D eigenvalue weighted by molar-refractivity contribution is -0.124. The summed E-state index contributed by atoms with van der Waals surface area (Å²) in [7, 11) is -2.11. The highest BCUT2D eigenvalue weighted by atomic mass is 32.2. The molecule has 2 aromatic rings. The fourth-order valence-electron chi connectivity index (χ4n) is 3.95. The van der Waals surface area contributed by atoms with Crippen LogP contribution >= 0.6 is 0 Å². The van der Waals surface area contributed by atoms with Gasteiger partial charge in [-0.05, 0) is 55.5 Å². The van der Waals surface area contributed by atoms with Gasteiger partial charge in [0.1, 0.15) is 5.75 Å². The summed E-state index contributed by atoms with van der Waals surface area (Å²) in [4.78, 5) is 14.8. The molecule has 0 aromatic heterocycles. The molecule has 0 saturated heterocycles. The molecule has 7 heteroatoms. The molecule has 1 aliphatic carbocycles. The minimum absolute atomic E-state index is 0.131. The van der Waals surface area contributed by atoms with Crippen LogP contribution in [0.4, 0.5) is 5.69 Å². The zero-order valence-electron chi connectivity index (χ0n) is 16.6. The number of sulfonamides is 1. The second kappa shape index (κ2) is 8.16. The van der Waals surface area contributed by atoms with Crippen molar-refractivity contribution < 1.29 is 17.9 Å². The van der Waals surface area contributed by atoms with E-state index in [2.05, 4.69) is 4.72 Å². The van der Waals surface area contributed by atoms with E-state index in [0.29, 0.717) is 12.3 Å². The van der Waals surface area contributed by atoms with Gasteiger partial charge in [0.05, 0.1) is 12.0 Å². The molecule has 1 aliphatic heterocycles. The monoisotopic (exact) mass is 414 g/mol. The summed E-state index contributed by atoms with van der Waals surface area (Å²) in [5, 5.41) is 0. The summed E-state index contributed by atoms with van der Waals surface area (Å²) in [5.74, 6) is 0.958. The van der Waals surface area contributed by atoms with Gasteiger partial charge in [-0.25, -0.2) is 13.1 Å². The summed E-state index contributed by atoms with van der Waals surface area (Å²) in [6.07, 6.45) is 4.67. The van der Waals surface area contributed by atoms with Crippen LogP contribution in [0.15, 0.2) is 47.4 Å². The Morgan fingerprint density at radius 3 is 2.69 bits per heavy atom. The highest BCUT2D eigenvalue weighted by Crippen LogP contribution is 2.35. The molecule has 1 amide bonds. The highest BCUT2D eigenvalue weighted by Gasteiger charge is 2.32. The number of nitrogens with one attached hydrogen (secondary N) is 1. The van der Waals surface area contributed by atoms with E-state index in [-0.39, 0.29) is 23.3 Å². The first kappa shape index (κ1) is 19.9. The average Bonchev–Trinajstić information content (AvgIpc) is 2.70. The van der Waals surface area contributed by atoms with Crippen molar-refractivity contribution in [3.63, 3.8) is 0 Å². The number of fused-ring (bicyclic) bond motifs is 1. The Balaban J connectivity index is 1.53. The number of hydrogen-bond acceptors (Lipinski definition) is 4. The quantitative estimate of drug-likeness (QED) is 0.787. The standard InChI is InChI=1S/C22H26N2O4S/c1-28-21-10-3-2-6-18(21)15-23-29(26,27)19-11-12-20-17(14-19)9-5-13-24(20)22(25)16-7-4-8-16/h2-3,6,10-12,14,16,23H,4-5,7-9,13,15H2,1H3. The summed E-state index contributed by atoms with van der Waals surface area (Å²) < 4.78 is 33.6. The van der Waals surface area contributed by atoms with E-state index in [0.717, 1.165) is 48.9 Å². The first-order chi connectivity index (χ1) is 14.0. The van der Waals surface area contributed by atoms with Gasteiger partial charge in [-0.2, -0.15) is 0 Å². The van der Waals surface area contributed by atoms with Crippen molar-refractivity contribution >= 4 is 21.6 Å². The summed E-state index contributed by atoms with van der Waals surface area (Å²) in [6, 6.07) is 12.4. The lowest BCUT2D eigenvalue weighted by Gasteiger charge is -2.35. The molecular formula is C22H26N2O4S. The maximum atomic E-state index is 12.8. The van der Waals surface area contributed by atoms with E-state index in [9.17, 15) is 13.2 Å². The van der Waals surface area contributed by atoms with Crippen LogP contribution in [0.2, 0.25) is 0 Å². The molecule has 2 aromatic carbocycles. The number of aryl methyl sites for hydroxylation is 1. The number of benzene rings is 2. The van der Waals surface area contributed by atoms with Crippen molar-refractivity contribution in [1.29, 1.82) is 0 Å². The Morgan fingerprint density at radius 2 is 1.97 bits per heavy atom. The minimum Gasteiger partial charge on any atom is -0.496 e. The van der Waals surface area contributed by atoms with E-state index in [4.69, 9.17) is 4.74 Å². The van der Waals surface area contributed by atoms with E-state index in [1.54, 1.807) is 31.4 Å². The van der Waals surface area contributed by atoms with Gasteiger partial charge >= 0.3 is 0 Å². The molecule has 6 nitrogen and oxygen atoms in total. The molecule has 29 heavy (non-hydrogen) atoms. The van der Waals surface area contributed by atoms with Crippen molar-refractivity contribution in [2.75, 3.05) is 18.6 Å². The van der Waals surface area contributed by atoms with Crippen molar-refractivity contribution in [2.45, 2.75) is 43.5 Å². The third-order valence-electron chi connectivity index (χ3n) is 5.85. The molecule has 1 heterocycles. The fraction of sp³-hybridized carbons (Fsp3) is 0.409. The lowest BCUT2D eigenvalue weighted by Crippen LogP contribution is -2.41. The maximum absolute atomic E-state index is 12.8. The first-order valence-electron chi connectivity index (χ1n) is 10.1. The van der Waals surface area contributed by atoms with Gasteiger partial charge in [0.15, 0.2) is 0 Å². The second-order valence-corrected chi connectivity index (χ2v) is 9.42. The number of carbonyl (C=O) groups excluding carboxylic acids is 1. The summed E-state index contributed by atoms with van der Waals surface area (Å²) in [6.45, 7) is 0.857. The lowest BCUT2D eigenvalue weighted by atomic mass is 9.83. The zero-order chi connectivity index (χ0) is 20.4. The zero-order valence-corrected chi connectivity index (χ0v) is 17.4. The largest absolute Gasteiger partial charge is 0.496 e. The molecule has 0 atom stereocenters. The number of carbonyl (C=O) groups is 1. The van der Waals surface area contributed by atoms with Gasteiger partial charge in [-0.15, -0.1) is 0 Å². The second-order valence-electron chi connectivity index (χ2n) is 7.65. The average molecular weight is 415 g/mol. The molecule has 4 rings (SSSR count). The highest BCUT2D eigenvalue weighted by molar-refractivity contribution is 7.89. The maximum Gasteiger partial charge on any atom is 0.240 e. The Morgan fingerprint density at radius 1 is 1.17 bits per heavy atom.